The predicted molar refractivity (Wildman–Crippen MR) is 104 cm³/mol. The van der Waals surface area contributed by atoms with Crippen molar-refractivity contribution in [3.8, 4) is 5.75 Å². The molecule has 0 atom stereocenters. The lowest BCUT2D eigenvalue weighted by Gasteiger charge is -2.17. The van der Waals surface area contributed by atoms with Crippen LogP contribution in [-0.4, -0.2) is 28.0 Å². The van der Waals surface area contributed by atoms with E-state index in [9.17, 15) is 13.2 Å². The van der Waals surface area contributed by atoms with Gasteiger partial charge in [-0.1, -0.05) is 6.07 Å². The molecule has 1 amide bonds. The van der Waals surface area contributed by atoms with Gasteiger partial charge < -0.3 is 9.64 Å². The lowest BCUT2D eigenvalue weighted by molar-refractivity contribution is -0.119. The highest BCUT2D eigenvalue weighted by Gasteiger charge is 2.36. The molecular weight excluding hydrogens is 364 g/mol. The van der Waals surface area contributed by atoms with E-state index in [0.29, 0.717) is 18.0 Å². The van der Waals surface area contributed by atoms with Crippen LogP contribution in [0.5, 0.6) is 5.75 Å². The average Bonchev–Trinajstić information content (AvgIpc) is 3.40. The molecule has 7 heteroatoms. The van der Waals surface area contributed by atoms with Gasteiger partial charge in [0.05, 0.1) is 7.11 Å². The highest BCUT2D eigenvalue weighted by atomic mass is 32.2. The van der Waals surface area contributed by atoms with Crippen molar-refractivity contribution < 1.29 is 17.9 Å². The van der Waals surface area contributed by atoms with Gasteiger partial charge in [-0.2, -0.15) is 0 Å². The number of carbonyl (C=O) groups excluding carboxylic acids is 1. The van der Waals surface area contributed by atoms with Gasteiger partial charge in [0.25, 0.3) is 10.0 Å². The van der Waals surface area contributed by atoms with Gasteiger partial charge in [-0.3, -0.25) is 9.52 Å². The highest BCUT2D eigenvalue weighted by Crippen LogP contribution is 2.37. The summed E-state index contributed by atoms with van der Waals surface area (Å²) in [4.78, 5) is 14.3. The van der Waals surface area contributed by atoms with Crippen LogP contribution in [0.4, 0.5) is 11.4 Å². The summed E-state index contributed by atoms with van der Waals surface area (Å²) in [7, 11) is -2.34. The summed E-state index contributed by atoms with van der Waals surface area (Å²) in [6, 6.07) is 10.4. The zero-order valence-corrected chi connectivity index (χ0v) is 16.2. The van der Waals surface area contributed by atoms with Crippen molar-refractivity contribution >= 4 is 27.3 Å². The van der Waals surface area contributed by atoms with E-state index in [0.717, 1.165) is 36.1 Å². The summed E-state index contributed by atoms with van der Waals surface area (Å²) in [5.74, 6) is 0.657. The molecule has 1 heterocycles. The smallest absolute Gasteiger partial charge is 0.265 e. The van der Waals surface area contributed by atoms with Gasteiger partial charge in [-0.05, 0) is 67.6 Å². The molecule has 1 aliphatic carbocycles. The standard InChI is InChI=1S/C20H22N2O4S/c1-13-3-8-18(26-2)19(11-13)27(24,25)21-16-6-7-17-15(12-16)9-10-22(17)20(23)14-4-5-14/h3,6-8,11-12,14,21H,4-5,9-10H2,1-2H3. The second-order valence-corrected chi connectivity index (χ2v) is 8.77. The van der Waals surface area contributed by atoms with Crippen molar-refractivity contribution in [1.29, 1.82) is 0 Å². The van der Waals surface area contributed by atoms with E-state index in [4.69, 9.17) is 4.74 Å². The van der Waals surface area contributed by atoms with Gasteiger partial charge in [0, 0.05) is 23.8 Å². The van der Waals surface area contributed by atoms with E-state index in [2.05, 4.69) is 4.72 Å². The van der Waals surface area contributed by atoms with Crippen molar-refractivity contribution in [2.45, 2.75) is 31.1 Å². The molecule has 0 aromatic heterocycles. The molecule has 142 valence electrons. The zero-order chi connectivity index (χ0) is 19.2. The summed E-state index contributed by atoms with van der Waals surface area (Å²) in [5.41, 5.74) is 3.20. The Morgan fingerprint density at radius 2 is 1.96 bits per heavy atom. The van der Waals surface area contributed by atoms with Crippen LogP contribution in [-0.2, 0) is 21.2 Å². The number of aryl methyl sites for hydroxylation is 1. The molecule has 2 aromatic carbocycles. The Hall–Kier alpha value is -2.54. The maximum Gasteiger partial charge on any atom is 0.265 e. The van der Waals surface area contributed by atoms with Crippen LogP contribution in [0.2, 0.25) is 0 Å². The van der Waals surface area contributed by atoms with Crippen molar-refractivity contribution in [2.24, 2.45) is 5.92 Å². The Morgan fingerprint density at radius 1 is 1.19 bits per heavy atom. The summed E-state index contributed by atoms with van der Waals surface area (Å²) < 4.78 is 33.5. The fourth-order valence-electron chi connectivity index (χ4n) is 3.45. The van der Waals surface area contributed by atoms with Crippen molar-refractivity contribution in [2.75, 3.05) is 23.3 Å². The molecule has 1 N–H and O–H groups in total. The molecule has 4 rings (SSSR count). The van der Waals surface area contributed by atoms with Crippen LogP contribution in [0, 0.1) is 12.8 Å². The molecule has 1 saturated carbocycles. The number of nitrogens with zero attached hydrogens (tertiary/aromatic N) is 1. The van der Waals surface area contributed by atoms with Gasteiger partial charge in [-0.15, -0.1) is 0 Å². The third kappa shape index (κ3) is 3.39. The highest BCUT2D eigenvalue weighted by molar-refractivity contribution is 7.92. The summed E-state index contributed by atoms with van der Waals surface area (Å²) in [5, 5.41) is 0. The minimum atomic E-state index is -3.78. The average molecular weight is 386 g/mol. The summed E-state index contributed by atoms with van der Waals surface area (Å²) in [6.07, 6.45) is 2.68. The Morgan fingerprint density at radius 3 is 2.67 bits per heavy atom. The molecule has 0 spiro atoms. The minimum absolute atomic E-state index is 0.107. The summed E-state index contributed by atoms with van der Waals surface area (Å²) >= 11 is 0. The Labute approximate surface area is 159 Å². The van der Waals surface area contributed by atoms with Crippen molar-refractivity contribution in [3.63, 3.8) is 0 Å². The van der Waals surface area contributed by atoms with E-state index in [1.54, 1.807) is 24.3 Å². The Balaban J connectivity index is 1.60. The fourth-order valence-corrected chi connectivity index (χ4v) is 4.75. The predicted octanol–water partition coefficient (Wildman–Crippen LogP) is 3.10. The molecule has 0 bridgehead atoms. The van der Waals surface area contributed by atoms with Crippen LogP contribution in [0.3, 0.4) is 0 Å². The van der Waals surface area contributed by atoms with Crippen LogP contribution in [0.15, 0.2) is 41.3 Å². The third-order valence-electron chi connectivity index (χ3n) is 5.03. The quantitative estimate of drug-likeness (QED) is 0.857. The maximum absolute atomic E-state index is 12.8. The molecule has 0 radical (unpaired) electrons. The number of rotatable bonds is 5. The monoisotopic (exact) mass is 386 g/mol. The number of ether oxygens (including phenoxy) is 1. The number of methoxy groups -OCH3 is 1. The number of carbonyl (C=O) groups is 1. The van der Waals surface area contributed by atoms with Crippen LogP contribution in [0.1, 0.15) is 24.0 Å². The van der Waals surface area contributed by atoms with Crippen molar-refractivity contribution in [1.82, 2.24) is 0 Å². The van der Waals surface area contributed by atoms with Gasteiger partial charge in [0.1, 0.15) is 10.6 Å². The van der Waals surface area contributed by atoms with Crippen LogP contribution >= 0.6 is 0 Å². The number of nitrogens with one attached hydrogen (secondary N) is 1. The van der Waals surface area contributed by atoms with Gasteiger partial charge >= 0.3 is 0 Å². The second-order valence-electron chi connectivity index (χ2n) is 7.12. The normalized spacial score (nSPS) is 16.1. The topological polar surface area (TPSA) is 75.7 Å². The number of fused-ring (bicyclic) bond motifs is 1. The maximum atomic E-state index is 12.8. The first-order valence-electron chi connectivity index (χ1n) is 9.01. The lowest BCUT2D eigenvalue weighted by Crippen LogP contribution is -2.30. The molecule has 1 aliphatic heterocycles. The van der Waals surface area contributed by atoms with E-state index in [-0.39, 0.29) is 16.7 Å². The molecule has 0 saturated heterocycles. The van der Waals surface area contributed by atoms with E-state index >= 15 is 0 Å². The van der Waals surface area contributed by atoms with E-state index < -0.39 is 10.0 Å². The molecule has 2 aliphatic rings. The lowest BCUT2D eigenvalue weighted by atomic mass is 10.1. The second kappa shape index (κ2) is 6.56. The SMILES string of the molecule is COc1ccc(C)cc1S(=O)(=O)Nc1ccc2c(c1)CCN2C(=O)C1CC1. The Bertz CT molecular complexity index is 1010. The Kier molecular flexibility index (Phi) is 4.34. The number of hydrogen-bond donors (Lipinski definition) is 1. The first-order valence-corrected chi connectivity index (χ1v) is 10.5. The first-order chi connectivity index (χ1) is 12.9. The molecule has 1 fully saturated rings. The van der Waals surface area contributed by atoms with E-state index in [1.807, 2.05) is 24.0 Å². The molecular formula is C20H22N2O4S. The number of benzene rings is 2. The molecule has 2 aromatic rings. The number of anilines is 2. The zero-order valence-electron chi connectivity index (χ0n) is 15.4. The third-order valence-corrected chi connectivity index (χ3v) is 6.43. The summed E-state index contributed by atoms with van der Waals surface area (Å²) in [6.45, 7) is 2.49. The van der Waals surface area contributed by atoms with E-state index in [1.165, 1.54) is 7.11 Å². The van der Waals surface area contributed by atoms with Gasteiger partial charge in [0.2, 0.25) is 5.91 Å². The molecule has 6 nitrogen and oxygen atoms in total. The number of hydrogen-bond acceptors (Lipinski definition) is 4. The number of sulfonamides is 1. The van der Waals surface area contributed by atoms with Crippen molar-refractivity contribution in [3.05, 3.63) is 47.5 Å². The number of amides is 1. The van der Waals surface area contributed by atoms with Crippen LogP contribution < -0.4 is 14.4 Å². The molecule has 27 heavy (non-hydrogen) atoms. The fraction of sp³-hybridized carbons (Fsp3) is 0.350. The molecule has 0 unspecified atom stereocenters. The van der Waals surface area contributed by atoms with Crippen LogP contribution in [0.25, 0.3) is 0 Å². The van der Waals surface area contributed by atoms with Gasteiger partial charge in [-0.25, -0.2) is 8.42 Å². The first kappa shape index (κ1) is 17.9. The minimum Gasteiger partial charge on any atom is -0.495 e. The largest absolute Gasteiger partial charge is 0.495 e. The van der Waals surface area contributed by atoms with Gasteiger partial charge in [0.15, 0.2) is 0 Å².